The Morgan fingerprint density at radius 1 is 1.05 bits per heavy atom. The lowest BCUT2D eigenvalue weighted by Gasteiger charge is -2.08. The lowest BCUT2D eigenvalue weighted by Crippen LogP contribution is -1.97. The van der Waals surface area contributed by atoms with Gasteiger partial charge in [0, 0.05) is 10.3 Å². The number of thioether (sulfide) groups is 1. The van der Waals surface area contributed by atoms with Crippen molar-refractivity contribution in [2.45, 2.75) is 17.9 Å². The molecule has 1 unspecified atom stereocenters. The minimum absolute atomic E-state index is 0.586. The number of rotatable bonds is 3. The van der Waals surface area contributed by atoms with E-state index < -0.39 is 6.10 Å². The SMILES string of the molecule is CSc1ccc(C(O)c2cc3cc(C)ccc3o2)cc1. The molecular formula is C17H16O2S. The van der Waals surface area contributed by atoms with Gasteiger partial charge in [-0.15, -0.1) is 11.8 Å². The quantitative estimate of drug-likeness (QED) is 0.717. The molecule has 102 valence electrons. The highest BCUT2D eigenvalue weighted by molar-refractivity contribution is 7.98. The maximum absolute atomic E-state index is 10.4. The minimum Gasteiger partial charge on any atom is -0.458 e. The van der Waals surface area contributed by atoms with Crippen LogP contribution in [0.3, 0.4) is 0 Å². The minimum atomic E-state index is -0.724. The lowest BCUT2D eigenvalue weighted by atomic mass is 10.1. The first-order valence-corrected chi connectivity index (χ1v) is 7.72. The van der Waals surface area contributed by atoms with E-state index in [0.29, 0.717) is 5.76 Å². The molecule has 3 rings (SSSR count). The molecule has 0 bridgehead atoms. The van der Waals surface area contributed by atoms with Gasteiger partial charge in [0.2, 0.25) is 0 Å². The molecule has 0 aliphatic rings. The number of hydrogen-bond donors (Lipinski definition) is 1. The normalized spacial score (nSPS) is 12.8. The molecule has 2 aromatic carbocycles. The van der Waals surface area contributed by atoms with Gasteiger partial charge in [0.05, 0.1) is 0 Å². The Morgan fingerprint density at radius 2 is 1.80 bits per heavy atom. The van der Waals surface area contributed by atoms with Crippen LogP contribution in [0.1, 0.15) is 23.0 Å². The van der Waals surface area contributed by atoms with E-state index in [1.807, 2.05) is 55.6 Å². The first kappa shape index (κ1) is 13.3. The highest BCUT2D eigenvalue weighted by Crippen LogP contribution is 2.29. The molecule has 0 aliphatic carbocycles. The summed E-state index contributed by atoms with van der Waals surface area (Å²) in [5.41, 5.74) is 2.84. The van der Waals surface area contributed by atoms with E-state index in [1.54, 1.807) is 11.8 Å². The van der Waals surface area contributed by atoms with Gasteiger partial charge < -0.3 is 9.52 Å². The van der Waals surface area contributed by atoms with Crippen molar-refractivity contribution in [1.82, 2.24) is 0 Å². The standard InChI is InChI=1S/C17H16O2S/c1-11-3-8-15-13(9-11)10-16(19-15)17(18)12-4-6-14(20-2)7-5-12/h3-10,17-18H,1-2H3. The van der Waals surface area contributed by atoms with E-state index in [-0.39, 0.29) is 0 Å². The maximum atomic E-state index is 10.4. The molecule has 1 heterocycles. The van der Waals surface area contributed by atoms with E-state index in [9.17, 15) is 5.11 Å². The molecule has 2 nitrogen and oxygen atoms in total. The van der Waals surface area contributed by atoms with Gasteiger partial charge in [-0.1, -0.05) is 23.8 Å². The third-order valence-corrected chi connectivity index (χ3v) is 4.14. The van der Waals surface area contributed by atoms with Crippen molar-refractivity contribution in [3.8, 4) is 0 Å². The molecule has 1 atom stereocenters. The summed E-state index contributed by atoms with van der Waals surface area (Å²) in [7, 11) is 0. The molecule has 0 aliphatic heterocycles. The van der Waals surface area contributed by atoms with Crippen LogP contribution in [-0.2, 0) is 0 Å². The van der Waals surface area contributed by atoms with Crippen LogP contribution in [0.5, 0.6) is 0 Å². The van der Waals surface area contributed by atoms with Crippen LogP contribution in [-0.4, -0.2) is 11.4 Å². The van der Waals surface area contributed by atoms with Crippen molar-refractivity contribution in [1.29, 1.82) is 0 Å². The van der Waals surface area contributed by atoms with E-state index in [4.69, 9.17) is 4.42 Å². The molecule has 3 heteroatoms. The molecule has 20 heavy (non-hydrogen) atoms. The highest BCUT2D eigenvalue weighted by Gasteiger charge is 2.15. The van der Waals surface area contributed by atoms with Crippen molar-refractivity contribution < 1.29 is 9.52 Å². The first-order valence-electron chi connectivity index (χ1n) is 6.49. The fraction of sp³-hybridized carbons (Fsp3) is 0.176. The summed E-state index contributed by atoms with van der Waals surface area (Å²) in [5, 5.41) is 11.5. The number of furan rings is 1. The second kappa shape index (κ2) is 5.35. The van der Waals surface area contributed by atoms with Crippen molar-refractivity contribution >= 4 is 22.7 Å². The predicted octanol–water partition coefficient (Wildman–Crippen LogP) is 4.54. The zero-order valence-corrected chi connectivity index (χ0v) is 12.3. The van der Waals surface area contributed by atoms with E-state index in [0.717, 1.165) is 16.5 Å². The Kier molecular flexibility index (Phi) is 3.55. The zero-order valence-electron chi connectivity index (χ0n) is 11.5. The Labute approximate surface area is 122 Å². The number of aliphatic hydroxyl groups excluding tert-OH is 1. The Morgan fingerprint density at radius 3 is 2.50 bits per heavy atom. The van der Waals surface area contributed by atoms with E-state index >= 15 is 0 Å². The summed E-state index contributed by atoms with van der Waals surface area (Å²) >= 11 is 1.69. The number of aliphatic hydroxyl groups is 1. The molecule has 0 fully saturated rings. The molecule has 0 saturated heterocycles. The maximum Gasteiger partial charge on any atom is 0.138 e. The zero-order chi connectivity index (χ0) is 14.1. The molecule has 0 radical (unpaired) electrons. The van der Waals surface area contributed by atoms with Crippen LogP contribution < -0.4 is 0 Å². The topological polar surface area (TPSA) is 33.4 Å². The van der Waals surface area contributed by atoms with Crippen LogP contribution >= 0.6 is 11.8 Å². The Bertz CT molecular complexity index is 728. The molecule has 1 aromatic heterocycles. The van der Waals surface area contributed by atoms with Gasteiger partial charge in [-0.2, -0.15) is 0 Å². The van der Waals surface area contributed by atoms with Gasteiger partial charge >= 0.3 is 0 Å². The van der Waals surface area contributed by atoms with Crippen LogP contribution in [0, 0.1) is 6.92 Å². The largest absolute Gasteiger partial charge is 0.458 e. The van der Waals surface area contributed by atoms with Gasteiger partial charge in [0.25, 0.3) is 0 Å². The number of hydrogen-bond acceptors (Lipinski definition) is 3. The predicted molar refractivity (Wildman–Crippen MR) is 83.2 cm³/mol. The molecule has 0 spiro atoms. The van der Waals surface area contributed by atoms with Crippen molar-refractivity contribution in [3.63, 3.8) is 0 Å². The summed E-state index contributed by atoms with van der Waals surface area (Å²) in [6.45, 7) is 2.05. The van der Waals surface area contributed by atoms with Crippen LogP contribution in [0.25, 0.3) is 11.0 Å². The Balaban J connectivity index is 1.96. The second-order valence-electron chi connectivity index (χ2n) is 4.87. The lowest BCUT2D eigenvalue weighted by molar-refractivity contribution is 0.192. The van der Waals surface area contributed by atoms with Gasteiger partial charge in [-0.3, -0.25) is 0 Å². The fourth-order valence-corrected chi connectivity index (χ4v) is 2.68. The molecule has 1 N–H and O–H groups in total. The average molecular weight is 284 g/mol. The van der Waals surface area contributed by atoms with Gasteiger partial charge in [0.1, 0.15) is 17.4 Å². The summed E-state index contributed by atoms with van der Waals surface area (Å²) in [6.07, 6.45) is 1.31. The third-order valence-electron chi connectivity index (χ3n) is 3.39. The van der Waals surface area contributed by atoms with E-state index in [1.165, 1.54) is 10.5 Å². The second-order valence-corrected chi connectivity index (χ2v) is 5.75. The van der Waals surface area contributed by atoms with Gasteiger partial charge in [-0.25, -0.2) is 0 Å². The average Bonchev–Trinajstić information content (AvgIpc) is 2.89. The molecule has 0 amide bonds. The van der Waals surface area contributed by atoms with E-state index in [2.05, 4.69) is 6.07 Å². The smallest absolute Gasteiger partial charge is 0.138 e. The van der Waals surface area contributed by atoms with Crippen LogP contribution in [0.4, 0.5) is 0 Å². The van der Waals surface area contributed by atoms with Gasteiger partial charge in [0.15, 0.2) is 0 Å². The number of benzene rings is 2. The third kappa shape index (κ3) is 2.47. The van der Waals surface area contributed by atoms with Crippen molar-refractivity contribution in [3.05, 3.63) is 65.4 Å². The van der Waals surface area contributed by atoms with Gasteiger partial charge in [-0.05, 0) is 49.1 Å². The summed E-state index contributed by atoms with van der Waals surface area (Å²) < 4.78 is 5.74. The van der Waals surface area contributed by atoms with Crippen molar-refractivity contribution in [2.75, 3.05) is 6.26 Å². The van der Waals surface area contributed by atoms with Crippen LogP contribution in [0.15, 0.2) is 57.8 Å². The molecular weight excluding hydrogens is 268 g/mol. The van der Waals surface area contributed by atoms with Crippen molar-refractivity contribution in [2.24, 2.45) is 0 Å². The molecule has 0 saturated carbocycles. The monoisotopic (exact) mass is 284 g/mol. The number of fused-ring (bicyclic) bond motifs is 1. The highest BCUT2D eigenvalue weighted by atomic mass is 32.2. The summed E-state index contributed by atoms with van der Waals surface area (Å²) in [4.78, 5) is 1.18. The summed E-state index contributed by atoms with van der Waals surface area (Å²) in [5.74, 6) is 0.586. The Hall–Kier alpha value is -1.71. The number of aryl methyl sites for hydroxylation is 1. The first-order chi connectivity index (χ1) is 9.67. The van der Waals surface area contributed by atoms with Crippen LogP contribution in [0.2, 0.25) is 0 Å². The summed E-state index contributed by atoms with van der Waals surface area (Å²) in [6, 6.07) is 15.8. The fourth-order valence-electron chi connectivity index (χ4n) is 2.27. The molecule has 3 aromatic rings.